The van der Waals surface area contributed by atoms with Crippen LogP contribution in [0.2, 0.25) is 0 Å². The third kappa shape index (κ3) is 7.23. The van der Waals surface area contributed by atoms with Crippen molar-refractivity contribution < 1.29 is 34.2 Å². The van der Waals surface area contributed by atoms with Gasteiger partial charge in [0.15, 0.2) is 16.4 Å². The van der Waals surface area contributed by atoms with Gasteiger partial charge in [0.1, 0.15) is 40.0 Å². The van der Waals surface area contributed by atoms with Crippen molar-refractivity contribution in [2.24, 2.45) is 10.9 Å². The van der Waals surface area contributed by atoms with E-state index in [0.717, 1.165) is 27.6 Å². The van der Waals surface area contributed by atoms with E-state index in [-0.39, 0.29) is 47.0 Å². The highest BCUT2D eigenvalue weighted by atomic mass is 32.2. The summed E-state index contributed by atoms with van der Waals surface area (Å²) in [6, 6.07) is 4.84. The third-order valence-corrected chi connectivity index (χ3v) is 11.3. The maximum absolute atomic E-state index is 13.4. The molecule has 6 heterocycles. The van der Waals surface area contributed by atoms with Crippen LogP contribution in [0.5, 0.6) is 0 Å². The van der Waals surface area contributed by atoms with Crippen LogP contribution in [0.3, 0.4) is 0 Å². The van der Waals surface area contributed by atoms with E-state index in [1.54, 1.807) is 11.3 Å². The third-order valence-electron chi connectivity index (χ3n) is 8.34. The number of nitrogen functional groups attached to an aromatic ring is 2. The number of anilines is 1. The topological polar surface area (TPSA) is 236 Å². The van der Waals surface area contributed by atoms with Crippen molar-refractivity contribution in [2.45, 2.75) is 50.4 Å². The Morgan fingerprint density at radius 1 is 1.24 bits per heavy atom. The van der Waals surface area contributed by atoms with Gasteiger partial charge in [-0.05, 0) is 44.0 Å². The number of carbonyl (C=O) groups excluding carboxylic acids is 2. The number of aliphatic hydroxyl groups excluding tert-OH is 1. The minimum absolute atomic E-state index is 0.0396. The number of fused-ring (bicyclic) bond motifs is 2. The van der Waals surface area contributed by atoms with Crippen molar-refractivity contribution in [1.82, 2.24) is 24.2 Å². The summed E-state index contributed by atoms with van der Waals surface area (Å²) in [5.74, 6) is -2.59. The summed E-state index contributed by atoms with van der Waals surface area (Å²) < 4.78 is 10.1. The second-order valence-electron chi connectivity index (χ2n) is 12.2. The number of thioether (sulfide) groups is 1. The van der Waals surface area contributed by atoms with Crippen LogP contribution >= 0.6 is 34.4 Å². The number of aliphatic hydroxyl groups is 1. The van der Waals surface area contributed by atoms with E-state index in [4.69, 9.17) is 26.5 Å². The summed E-state index contributed by atoms with van der Waals surface area (Å²) in [6.45, 7) is 7.59. The number of thiazole rings is 1. The number of thiophene rings is 1. The number of carbonyl (C=O) groups is 3. The summed E-state index contributed by atoms with van der Waals surface area (Å²) in [6.07, 6.45) is 4.21. The molecule has 0 radical (unpaired) electrons. The van der Waals surface area contributed by atoms with Gasteiger partial charge in [0.25, 0.3) is 11.8 Å². The molecule has 4 aromatic rings. The summed E-state index contributed by atoms with van der Waals surface area (Å²) in [5.41, 5.74) is 12.9. The molecule has 2 aliphatic rings. The summed E-state index contributed by atoms with van der Waals surface area (Å²) in [5, 5.41) is 37.0. The Bertz CT molecular complexity index is 2110. The molecule has 0 aliphatic carbocycles. The molecule has 16 nitrogen and oxygen atoms in total. The predicted molar refractivity (Wildman–Crippen MR) is 194 cm³/mol. The number of rotatable bonds is 15. The molecule has 268 valence electrons. The Hall–Kier alpha value is -5.11. The van der Waals surface area contributed by atoms with Gasteiger partial charge in [0, 0.05) is 45.0 Å². The maximum Gasteiger partial charge on any atom is 0.352 e. The number of aliphatic carboxylic acids is 1. The van der Waals surface area contributed by atoms with E-state index < -0.39 is 34.8 Å². The number of carboxylic acids is 1. The Morgan fingerprint density at radius 2 is 2.02 bits per heavy atom. The standard InChI is InChI=1S/C32H35N9O7S3/c1-16(42)32(2,3)48-38-23(21-15-51-31(35)36-21)27(43)37-24-28(44)41-25(30(45)46)17(13-50-29(24)41)6-9-47-12-19-4-5-22-39(7-8-40(19)22)11-20-10-18(14-49-20)26(33)34/h4-5,7-8,10,14-15,24,29,42H,1,6,9,11-13H2,2-3H3,(H3,33,34)(H2,35,36)(H,37,43)(H,45,46)/b38-23-/t24-,29-/m1/s1. The molecule has 0 bridgehead atoms. The van der Waals surface area contributed by atoms with Crippen LogP contribution in [0.25, 0.3) is 5.65 Å². The second-order valence-corrected chi connectivity index (χ2v) is 15.2. The molecular weight excluding hydrogens is 719 g/mol. The molecule has 0 spiro atoms. The number of oxime groups is 1. The zero-order valence-corrected chi connectivity index (χ0v) is 29.9. The van der Waals surface area contributed by atoms with Crippen molar-refractivity contribution in [3.05, 3.63) is 86.8 Å². The highest BCUT2D eigenvalue weighted by Gasteiger charge is 2.54. The number of imidazole rings is 1. The summed E-state index contributed by atoms with van der Waals surface area (Å²) >= 11 is 3.95. The first-order chi connectivity index (χ1) is 24.2. The van der Waals surface area contributed by atoms with Gasteiger partial charge in [-0.25, -0.2) is 9.78 Å². The quantitative estimate of drug-likeness (QED) is 0.0258. The van der Waals surface area contributed by atoms with Gasteiger partial charge in [-0.3, -0.25) is 19.9 Å². The number of nitrogens with two attached hydrogens (primary N) is 2. The zero-order chi connectivity index (χ0) is 36.6. The number of carboxylic acid groups (broad SMARTS) is 1. The molecule has 2 aliphatic heterocycles. The predicted octanol–water partition coefficient (Wildman–Crippen LogP) is 3.09. The fourth-order valence-corrected chi connectivity index (χ4v) is 8.22. The van der Waals surface area contributed by atoms with Crippen LogP contribution in [0.15, 0.2) is 70.1 Å². The first-order valence-electron chi connectivity index (χ1n) is 15.5. The molecule has 1 saturated heterocycles. The maximum atomic E-state index is 13.4. The van der Waals surface area contributed by atoms with Crippen molar-refractivity contribution >= 4 is 74.5 Å². The normalized spacial score (nSPS) is 17.7. The number of ether oxygens (including phenoxy) is 1. The fraction of sp³-hybridized carbons (Fsp3) is 0.312. The average Bonchev–Trinajstić information content (AvgIpc) is 3.89. The number of nitrogens with one attached hydrogen (secondary N) is 2. The van der Waals surface area contributed by atoms with Crippen molar-refractivity contribution in [1.29, 1.82) is 5.41 Å². The molecule has 6 rings (SSSR count). The summed E-state index contributed by atoms with van der Waals surface area (Å²) in [7, 11) is 0. The lowest BCUT2D eigenvalue weighted by molar-refractivity contribution is -0.150. The molecule has 2 amide bonds. The average molecular weight is 754 g/mol. The molecule has 2 atom stereocenters. The lowest BCUT2D eigenvalue weighted by atomic mass is 10.0. The number of nitrogens with zero attached hydrogens (tertiary/aromatic N) is 5. The molecular formula is C32H35N9O7S3. The second kappa shape index (κ2) is 14.3. The van der Waals surface area contributed by atoms with E-state index in [1.165, 1.54) is 35.9 Å². The first-order valence-corrected chi connectivity index (χ1v) is 18.3. The van der Waals surface area contributed by atoms with E-state index in [1.807, 2.05) is 40.4 Å². The molecule has 51 heavy (non-hydrogen) atoms. The molecule has 19 heteroatoms. The van der Waals surface area contributed by atoms with Crippen molar-refractivity contribution in [3.63, 3.8) is 0 Å². The van der Waals surface area contributed by atoms with Crippen LogP contribution in [0.4, 0.5) is 5.13 Å². The zero-order valence-electron chi connectivity index (χ0n) is 27.5. The Labute approximate surface area is 303 Å². The van der Waals surface area contributed by atoms with Gasteiger partial charge in [0.2, 0.25) is 0 Å². The SMILES string of the molecule is C=C(O)C(C)(C)O/N=C(\C(=O)N[C@@H]1C(=O)N2C(C(=O)O)=C(CCOCc3ccc4n(Cc5cc(C(=N)N)cs5)ccn34)CS[C@H]12)c1csc(N)n1. The van der Waals surface area contributed by atoms with Crippen molar-refractivity contribution in [3.8, 4) is 0 Å². The number of amides is 2. The fourth-order valence-electron chi connectivity index (χ4n) is 5.40. The van der Waals surface area contributed by atoms with E-state index in [9.17, 15) is 24.6 Å². The largest absolute Gasteiger partial charge is 0.509 e. The highest BCUT2D eigenvalue weighted by molar-refractivity contribution is 8.00. The van der Waals surface area contributed by atoms with Crippen LogP contribution in [-0.4, -0.2) is 87.8 Å². The molecule has 0 saturated carbocycles. The van der Waals surface area contributed by atoms with Crippen LogP contribution in [0, 0.1) is 5.41 Å². The van der Waals surface area contributed by atoms with E-state index in [2.05, 4.69) is 26.6 Å². The van der Waals surface area contributed by atoms with Gasteiger partial charge >= 0.3 is 5.97 Å². The number of aromatic nitrogens is 3. The Kier molecular flexibility index (Phi) is 9.98. The molecule has 0 unspecified atom stereocenters. The van der Waals surface area contributed by atoms with Gasteiger partial charge in [-0.15, -0.1) is 34.4 Å². The van der Waals surface area contributed by atoms with E-state index >= 15 is 0 Å². The molecule has 0 aromatic carbocycles. The van der Waals surface area contributed by atoms with Gasteiger partial charge in [-0.2, -0.15) is 0 Å². The number of amidine groups is 1. The highest BCUT2D eigenvalue weighted by Crippen LogP contribution is 2.41. The number of hydrogen-bond acceptors (Lipinski definition) is 13. The van der Waals surface area contributed by atoms with Gasteiger partial charge in [-0.1, -0.05) is 11.7 Å². The smallest absolute Gasteiger partial charge is 0.352 e. The lowest BCUT2D eigenvalue weighted by Gasteiger charge is -2.49. The van der Waals surface area contributed by atoms with Crippen LogP contribution in [0.1, 0.15) is 42.1 Å². The Balaban J connectivity index is 1.08. The molecule has 1 fully saturated rings. The number of β-lactam (4-membered cyclic amide) rings is 1. The van der Waals surface area contributed by atoms with Crippen molar-refractivity contribution in [2.75, 3.05) is 18.1 Å². The molecule has 8 N–H and O–H groups in total. The minimum Gasteiger partial charge on any atom is -0.509 e. The monoisotopic (exact) mass is 753 g/mol. The van der Waals surface area contributed by atoms with Gasteiger partial charge < -0.3 is 45.5 Å². The summed E-state index contributed by atoms with van der Waals surface area (Å²) in [4.78, 5) is 50.8. The number of hydrogen-bond donors (Lipinski definition) is 6. The lowest BCUT2D eigenvalue weighted by Crippen LogP contribution is -2.71. The van der Waals surface area contributed by atoms with Gasteiger partial charge in [0.05, 0.1) is 19.8 Å². The molecule has 4 aromatic heterocycles. The first kappa shape index (κ1) is 35.7. The minimum atomic E-state index is -1.33. The van der Waals surface area contributed by atoms with Crippen LogP contribution < -0.4 is 16.8 Å². The van der Waals surface area contributed by atoms with E-state index in [0.29, 0.717) is 29.9 Å². The Morgan fingerprint density at radius 3 is 2.69 bits per heavy atom. The van der Waals surface area contributed by atoms with Crippen LogP contribution in [-0.2, 0) is 37.1 Å².